The van der Waals surface area contributed by atoms with Crippen LogP contribution in [-0.2, 0) is 24.0 Å². The molecule has 7 atom stereocenters. The third-order valence-corrected chi connectivity index (χ3v) is 9.72. The number of hydrogen-bond donors (Lipinski definition) is 6. The lowest BCUT2D eigenvalue weighted by atomic mass is 9.45. The van der Waals surface area contributed by atoms with Crippen molar-refractivity contribution >= 4 is 29.5 Å². The van der Waals surface area contributed by atoms with Gasteiger partial charge in [0.2, 0.25) is 0 Å². The molecule has 0 aliphatic heterocycles. The number of aliphatic hydroxyl groups is 3. The average Bonchev–Trinajstić information content (AvgIpc) is 3.20. The van der Waals surface area contributed by atoms with Crippen molar-refractivity contribution in [3.05, 3.63) is 11.6 Å². The van der Waals surface area contributed by atoms with Crippen molar-refractivity contribution < 1.29 is 54.6 Å². The summed E-state index contributed by atoms with van der Waals surface area (Å²) in [6.45, 7) is 8.50. The first-order chi connectivity index (χ1) is 19.5. The van der Waals surface area contributed by atoms with Crippen LogP contribution >= 0.6 is 0 Å². The summed E-state index contributed by atoms with van der Waals surface area (Å²) in [5, 5.41) is 55.1. The zero-order chi connectivity index (χ0) is 32.5. The molecule has 0 aromatic heterocycles. The van der Waals surface area contributed by atoms with Gasteiger partial charge in [-0.3, -0.25) is 24.0 Å². The summed E-state index contributed by atoms with van der Waals surface area (Å²) in [6, 6.07) is 0. The Morgan fingerprint density at radius 2 is 1.45 bits per heavy atom. The first-order valence-electron chi connectivity index (χ1n) is 14.9. The fourth-order valence-corrected chi connectivity index (χ4v) is 7.49. The zero-order valence-electron chi connectivity index (χ0n) is 25.6. The Kier molecular flexibility index (Phi) is 14.0. The smallest absolute Gasteiger partial charge is 0.303 e. The molecule has 0 aromatic carbocycles. The van der Waals surface area contributed by atoms with Gasteiger partial charge in [0.25, 0.3) is 0 Å². The highest BCUT2D eigenvalue weighted by Crippen LogP contribution is 2.67. The van der Waals surface area contributed by atoms with Gasteiger partial charge in [0, 0.05) is 31.1 Å². The van der Waals surface area contributed by atoms with E-state index in [1.807, 2.05) is 13.8 Å². The molecular weight excluding hydrogens is 548 g/mol. The third-order valence-electron chi connectivity index (χ3n) is 9.72. The Morgan fingerprint density at radius 1 is 0.905 bits per heavy atom. The lowest BCUT2D eigenvalue weighted by Gasteiger charge is -2.60. The maximum absolute atomic E-state index is 12.4. The number of hydrogen-bond acceptors (Lipinski definition) is 8. The number of allylic oxidation sites excluding steroid dienone is 1. The van der Waals surface area contributed by atoms with Crippen LogP contribution in [0.1, 0.15) is 105 Å². The van der Waals surface area contributed by atoms with Gasteiger partial charge in [0.15, 0.2) is 11.6 Å². The highest BCUT2D eigenvalue weighted by atomic mass is 16.4. The minimum Gasteiger partial charge on any atom is -0.481 e. The second kappa shape index (κ2) is 15.7. The number of rotatable bonds is 6. The Hall–Kier alpha value is -2.63. The zero-order valence-corrected chi connectivity index (χ0v) is 25.6. The van der Waals surface area contributed by atoms with Crippen LogP contribution in [0.25, 0.3) is 0 Å². The topological polar surface area (TPSA) is 207 Å². The van der Waals surface area contributed by atoms with E-state index in [1.165, 1.54) is 5.57 Å². The fraction of sp³-hybridized carbons (Fsp3) is 0.774. The van der Waals surface area contributed by atoms with Crippen molar-refractivity contribution in [3.8, 4) is 0 Å². The van der Waals surface area contributed by atoms with Crippen LogP contribution in [0.3, 0.4) is 0 Å². The molecule has 0 saturated heterocycles. The van der Waals surface area contributed by atoms with E-state index in [9.17, 15) is 39.3 Å². The molecule has 0 amide bonds. The van der Waals surface area contributed by atoms with E-state index in [4.69, 9.17) is 15.3 Å². The molecule has 4 rings (SSSR count). The third kappa shape index (κ3) is 8.26. The average molecular weight is 599 g/mol. The van der Waals surface area contributed by atoms with E-state index in [0.29, 0.717) is 25.7 Å². The molecule has 3 saturated carbocycles. The Bertz CT molecular complexity index is 1010. The van der Waals surface area contributed by atoms with Gasteiger partial charge in [-0.2, -0.15) is 0 Å². The minimum atomic E-state index is -1.54. The molecule has 0 unspecified atom stereocenters. The summed E-state index contributed by atoms with van der Waals surface area (Å²) in [5.74, 6) is -2.06. The number of Topliss-reactive ketones (excluding diaryl/α,β-unsaturated/α-hetero) is 1. The normalized spacial score (nSPS) is 34.2. The second-order valence-corrected chi connectivity index (χ2v) is 12.2. The summed E-state index contributed by atoms with van der Waals surface area (Å²) in [6.07, 6.45) is 7.20. The van der Waals surface area contributed by atoms with Gasteiger partial charge >= 0.3 is 17.9 Å². The van der Waals surface area contributed by atoms with Crippen molar-refractivity contribution in [2.45, 2.75) is 117 Å². The summed E-state index contributed by atoms with van der Waals surface area (Å²) < 4.78 is 0. The van der Waals surface area contributed by atoms with Crippen LogP contribution in [0.2, 0.25) is 0 Å². The van der Waals surface area contributed by atoms with Gasteiger partial charge in [-0.05, 0) is 74.2 Å². The van der Waals surface area contributed by atoms with Crippen LogP contribution in [0.5, 0.6) is 0 Å². The fourth-order valence-electron chi connectivity index (χ4n) is 7.49. The number of carboxylic acids is 3. The quantitative estimate of drug-likeness (QED) is 0.260. The van der Waals surface area contributed by atoms with Crippen molar-refractivity contribution in [2.75, 3.05) is 6.61 Å². The minimum absolute atomic E-state index is 0.0697. The molecule has 0 bridgehead atoms. The van der Waals surface area contributed by atoms with E-state index < -0.39 is 47.4 Å². The van der Waals surface area contributed by atoms with Crippen LogP contribution < -0.4 is 0 Å². The summed E-state index contributed by atoms with van der Waals surface area (Å²) in [5.41, 5.74) is -1.23. The van der Waals surface area contributed by atoms with Crippen molar-refractivity contribution in [2.24, 2.45) is 28.6 Å². The summed E-state index contributed by atoms with van der Waals surface area (Å²) in [4.78, 5) is 52.6. The molecule has 0 aromatic rings. The van der Waals surface area contributed by atoms with E-state index >= 15 is 0 Å². The van der Waals surface area contributed by atoms with Crippen LogP contribution in [0.15, 0.2) is 11.6 Å². The first-order valence-corrected chi connectivity index (χ1v) is 14.9. The van der Waals surface area contributed by atoms with E-state index in [2.05, 4.69) is 6.92 Å². The first kappa shape index (κ1) is 37.4. The molecule has 42 heavy (non-hydrogen) atoms. The lowest BCUT2D eigenvalue weighted by Crippen LogP contribution is -2.62. The van der Waals surface area contributed by atoms with Gasteiger partial charge in [-0.25, -0.2) is 0 Å². The Balaban J connectivity index is 0.000000455. The maximum Gasteiger partial charge on any atom is 0.303 e. The number of carbonyl (C=O) groups excluding carboxylic acids is 2. The van der Waals surface area contributed by atoms with Crippen molar-refractivity contribution in [3.63, 3.8) is 0 Å². The predicted octanol–water partition coefficient (Wildman–Crippen LogP) is 3.61. The Labute approximate surface area is 248 Å². The lowest BCUT2D eigenvalue weighted by molar-refractivity contribution is -0.182. The number of fused-ring (bicyclic) bond motifs is 5. The van der Waals surface area contributed by atoms with E-state index in [-0.39, 0.29) is 41.8 Å². The van der Waals surface area contributed by atoms with Gasteiger partial charge in [0.1, 0.15) is 12.2 Å². The second-order valence-electron chi connectivity index (χ2n) is 12.2. The van der Waals surface area contributed by atoms with E-state index in [1.54, 1.807) is 19.9 Å². The number of aliphatic carboxylic acids is 3. The van der Waals surface area contributed by atoms with Crippen LogP contribution in [0, 0.1) is 28.6 Å². The molecule has 0 radical (unpaired) electrons. The summed E-state index contributed by atoms with van der Waals surface area (Å²) in [7, 11) is 0. The molecule has 4 aliphatic carbocycles. The largest absolute Gasteiger partial charge is 0.481 e. The number of ketones is 2. The standard InChI is InChI=1S/C21H30O5.C4H8O2.2C3H6O2/c1-19-7-5-13(23)9-12(19)3-4-14-15-6-8-21(26,17(25)11-22)20(15,2)10-16(24)18(14)19;1-2-3-4(5)6;2*1-2-3(4)5/h9,14-16,18,22,24,26H,3-8,10-11H2,1-2H3;2-3H2,1H3,(H,5,6);2*2H2,1H3,(H,4,5)/t14-,15-,16-,18+,19-,20-,21-;;;/m0.../s1. The summed E-state index contributed by atoms with van der Waals surface area (Å²) >= 11 is 0. The molecule has 6 N–H and O–H groups in total. The van der Waals surface area contributed by atoms with Gasteiger partial charge in [0.05, 0.1) is 6.10 Å². The van der Waals surface area contributed by atoms with Gasteiger partial charge < -0.3 is 30.6 Å². The number of carbonyl (C=O) groups is 5. The van der Waals surface area contributed by atoms with Crippen molar-refractivity contribution in [1.29, 1.82) is 0 Å². The highest BCUT2D eigenvalue weighted by molar-refractivity contribution is 5.91. The number of aliphatic hydroxyl groups excluding tert-OH is 2. The molecule has 3 fully saturated rings. The monoisotopic (exact) mass is 598 g/mol. The highest BCUT2D eigenvalue weighted by Gasteiger charge is 2.68. The van der Waals surface area contributed by atoms with Crippen LogP contribution in [0.4, 0.5) is 0 Å². The molecule has 11 nitrogen and oxygen atoms in total. The van der Waals surface area contributed by atoms with Crippen molar-refractivity contribution in [1.82, 2.24) is 0 Å². The van der Waals surface area contributed by atoms with Gasteiger partial charge in [-0.15, -0.1) is 0 Å². The Morgan fingerprint density at radius 3 is 1.88 bits per heavy atom. The SMILES string of the molecule is CCC(=O)O.CCC(=O)O.CCCC(=O)O.C[C@]12CCC(=O)C=C1CC[C@@H]1[C@@H]2[C@@H](O)C[C@@]2(C)[C@H]1CC[C@]2(O)C(=O)CO. The molecular formula is C31H50O11. The molecule has 4 aliphatic rings. The van der Waals surface area contributed by atoms with E-state index in [0.717, 1.165) is 32.1 Å². The molecule has 0 spiro atoms. The molecule has 240 valence electrons. The number of carboxylic acid groups (broad SMARTS) is 3. The van der Waals surface area contributed by atoms with Gasteiger partial charge in [-0.1, -0.05) is 40.2 Å². The molecule has 11 heteroatoms. The maximum atomic E-state index is 12.4. The predicted molar refractivity (Wildman–Crippen MR) is 154 cm³/mol. The van der Waals surface area contributed by atoms with Crippen LogP contribution in [-0.4, -0.2) is 78.4 Å². The molecule has 0 heterocycles.